The molecule has 10 nitrogen and oxygen atoms in total. The number of hydrogen-bond acceptors (Lipinski definition) is 8. The van der Waals surface area contributed by atoms with Gasteiger partial charge in [-0.2, -0.15) is 0 Å². The van der Waals surface area contributed by atoms with Gasteiger partial charge < -0.3 is 4.72 Å². The summed E-state index contributed by atoms with van der Waals surface area (Å²) in [6.07, 6.45) is 0. The molecule has 0 saturated carbocycles. The van der Waals surface area contributed by atoms with Gasteiger partial charge in [-0.1, -0.05) is 23.7 Å². The van der Waals surface area contributed by atoms with Gasteiger partial charge in [0.1, 0.15) is 14.7 Å². The van der Waals surface area contributed by atoms with E-state index in [9.17, 15) is 26.9 Å². The van der Waals surface area contributed by atoms with Crippen LogP contribution in [0, 0.1) is 10.1 Å². The van der Waals surface area contributed by atoms with E-state index in [0.717, 1.165) is 24.1 Å². The Morgan fingerprint density at radius 2 is 1.62 bits per heavy atom. The Kier molecular flexibility index (Phi) is 5.79. The number of nitrogens with one attached hydrogen (secondary N) is 1. The maximum Gasteiger partial charge on any atom is 0.284 e. The molecule has 2 aromatic carbocycles. The zero-order valence-electron chi connectivity index (χ0n) is 12.6. The predicted octanol–water partition coefficient (Wildman–Crippen LogP) is 1.66. The summed E-state index contributed by atoms with van der Waals surface area (Å²) in [6.45, 7) is 0. The fourth-order valence-corrected chi connectivity index (χ4v) is 4.59. The van der Waals surface area contributed by atoms with Gasteiger partial charge in [0.15, 0.2) is 0 Å². The van der Waals surface area contributed by atoms with Crippen molar-refractivity contribution >= 4 is 55.0 Å². The fraction of sp³-hybridized carbons (Fsp3) is 0. The highest BCUT2D eigenvalue weighted by molar-refractivity contribution is 8.00. The number of hydrogen-bond donors (Lipinski definition) is 3. The summed E-state index contributed by atoms with van der Waals surface area (Å²) >= 11 is 6.58. The number of rotatable bonds is 6. The van der Waals surface area contributed by atoms with Crippen molar-refractivity contribution in [2.75, 3.05) is 4.72 Å². The minimum Gasteiger partial charge on any atom is -0.324 e. The largest absolute Gasteiger partial charge is 0.324 e. The van der Waals surface area contributed by atoms with Gasteiger partial charge in [-0.3, -0.25) is 10.1 Å². The summed E-state index contributed by atoms with van der Waals surface area (Å²) in [6, 6.07) is 7.44. The van der Waals surface area contributed by atoms with Gasteiger partial charge in [0.05, 0.1) is 15.6 Å². The van der Waals surface area contributed by atoms with Crippen molar-refractivity contribution in [3.63, 3.8) is 0 Å². The highest BCUT2D eigenvalue weighted by atomic mass is 35.5. The molecule has 0 heterocycles. The van der Waals surface area contributed by atoms with Gasteiger partial charge in [0.2, 0.25) is 20.0 Å². The number of sulfonamides is 2. The van der Waals surface area contributed by atoms with E-state index in [2.05, 4.69) is 4.72 Å². The third kappa shape index (κ3) is 4.63. The smallest absolute Gasteiger partial charge is 0.284 e. The highest BCUT2D eigenvalue weighted by Crippen LogP contribution is 2.35. The lowest BCUT2D eigenvalue weighted by Gasteiger charge is -2.13. The number of nitrogens with zero attached hydrogens (tertiary/aromatic N) is 1. The molecular weight excluding hydrogens is 428 g/mol. The summed E-state index contributed by atoms with van der Waals surface area (Å²) in [5.74, 6) is 0. The average Bonchev–Trinajstić information content (AvgIpc) is 2.50. The lowest BCUT2D eigenvalue weighted by atomic mass is 10.3. The van der Waals surface area contributed by atoms with Crippen molar-refractivity contribution in [3.05, 3.63) is 51.5 Å². The van der Waals surface area contributed by atoms with Crippen LogP contribution in [0.2, 0.25) is 5.02 Å². The van der Waals surface area contributed by atoms with Crippen LogP contribution < -0.4 is 15.0 Å². The molecule has 0 spiro atoms. The second-order valence-electron chi connectivity index (χ2n) is 4.80. The first-order valence-corrected chi connectivity index (χ1v) is 10.8. The number of nitro benzene ring substituents is 1. The van der Waals surface area contributed by atoms with E-state index in [1.807, 2.05) is 0 Å². The van der Waals surface area contributed by atoms with Crippen LogP contribution in [0.15, 0.2) is 51.1 Å². The first-order valence-electron chi connectivity index (χ1n) is 6.46. The van der Waals surface area contributed by atoms with Crippen LogP contribution in [-0.4, -0.2) is 21.8 Å². The topological polar surface area (TPSA) is 175 Å². The van der Waals surface area contributed by atoms with Crippen molar-refractivity contribution < 1.29 is 21.8 Å². The Hall–Kier alpha value is -1.90. The molecule has 0 saturated heterocycles. The van der Waals surface area contributed by atoms with Gasteiger partial charge >= 0.3 is 0 Å². The van der Waals surface area contributed by atoms with Crippen LogP contribution >= 0.6 is 23.5 Å². The summed E-state index contributed by atoms with van der Waals surface area (Å²) in [5, 5.41) is 20.8. The Morgan fingerprint density at radius 3 is 2.15 bits per heavy atom. The van der Waals surface area contributed by atoms with Crippen LogP contribution in [0.3, 0.4) is 0 Å². The van der Waals surface area contributed by atoms with Crippen LogP contribution in [0.5, 0.6) is 0 Å². The van der Waals surface area contributed by atoms with Crippen molar-refractivity contribution in [1.82, 2.24) is 0 Å². The lowest BCUT2D eigenvalue weighted by molar-refractivity contribution is -0.387. The van der Waals surface area contributed by atoms with Gasteiger partial charge in [0, 0.05) is 6.07 Å². The van der Waals surface area contributed by atoms with E-state index in [4.69, 9.17) is 21.9 Å². The standard InChI is InChI=1S/C12H11ClN4O6S3/c13-7-5-8(12(26(15,22)23)6-11(7)25(14,20)21)16-24-10-4-2-1-3-9(10)17(18)19/h1-6,16H,(H2,14,20,21)(H2,15,22,23). The van der Waals surface area contributed by atoms with Gasteiger partial charge in [0.25, 0.3) is 5.69 Å². The van der Waals surface area contributed by atoms with E-state index in [-0.39, 0.29) is 21.3 Å². The molecule has 0 bridgehead atoms. The summed E-state index contributed by atoms with van der Waals surface area (Å²) in [4.78, 5) is 9.38. The lowest BCUT2D eigenvalue weighted by Crippen LogP contribution is -2.17. The molecule has 0 aliphatic rings. The van der Waals surface area contributed by atoms with Crippen molar-refractivity contribution in [1.29, 1.82) is 0 Å². The number of nitrogens with two attached hydrogens (primary N) is 2. The van der Waals surface area contributed by atoms with Gasteiger partial charge in [-0.05, 0) is 30.1 Å². The van der Waals surface area contributed by atoms with Crippen molar-refractivity contribution in [2.45, 2.75) is 14.7 Å². The zero-order chi connectivity index (χ0) is 19.7. The van der Waals surface area contributed by atoms with Gasteiger partial charge in [-0.15, -0.1) is 0 Å². The first-order chi connectivity index (χ1) is 11.9. The summed E-state index contributed by atoms with van der Waals surface area (Å²) < 4.78 is 49.1. The number of primary sulfonamides is 2. The summed E-state index contributed by atoms with van der Waals surface area (Å²) in [7, 11) is -8.65. The number of para-hydroxylation sites is 1. The second kappa shape index (κ2) is 7.38. The average molecular weight is 439 g/mol. The quantitative estimate of drug-likeness (QED) is 0.346. The monoisotopic (exact) mass is 438 g/mol. The molecule has 2 rings (SSSR count). The van der Waals surface area contributed by atoms with Crippen LogP contribution in [-0.2, 0) is 20.0 Å². The molecule has 0 aromatic heterocycles. The molecule has 0 fully saturated rings. The molecule has 14 heteroatoms. The van der Waals surface area contributed by atoms with Crippen molar-refractivity contribution in [2.24, 2.45) is 10.3 Å². The maximum absolute atomic E-state index is 11.8. The molecule has 2 aromatic rings. The Balaban J connectivity index is 2.51. The summed E-state index contributed by atoms with van der Waals surface area (Å²) in [5.41, 5.74) is -0.373. The second-order valence-corrected chi connectivity index (χ2v) is 9.11. The van der Waals surface area contributed by atoms with E-state index >= 15 is 0 Å². The molecule has 5 N–H and O–H groups in total. The molecule has 26 heavy (non-hydrogen) atoms. The first kappa shape index (κ1) is 20.4. The number of halogens is 1. The van der Waals surface area contributed by atoms with E-state index < -0.39 is 34.8 Å². The molecule has 0 radical (unpaired) electrons. The minimum absolute atomic E-state index is 0.159. The molecule has 140 valence electrons. The maximum atomic E-state index is 11.8. The Morgan fingerprint density at radius 1 is 1.04 bits per heavy atom. The fourth-order valence-electron chi connectivity index (χ4n) is 1.87. The SMILES string of the molecule is NS(=O)(=O)c1cc(S(N)(=O)=O)c(NSc2ccccc2[N+](=O)[O-])cc1Cl. The number of nitro groups is 1. The molecule has 0 aliphatic carbocycles. The normalized spacial score (nSPS) is 12.0. The number of anilines is 1. The van der Waals surface area contributed by atoms with Crippen LogP contribution in [0.4, 0.5) is 11.4 Å². The third-order valence-corrected chi connectivity index (χ3v) is 6.19. The molecule has 0 atom stereocenters. The van der Waals surface area contributed by atoms with Crippen molar-refractivity contribution in [3.8, 4) is 0 Å². The molecule has 0 unspecified atom stereocenters. The predicted molar refractivity (Wildman–Crippen MR) is 96.8 cm³/mol. The molecule has 0 amide bonds. The van der Waals surface area contributed by atoms with E-state index in [1.165, 1.54) is 18.2 Å². The van der Waals surface area contributed by atoms with E-state index in [0.29, 0.717) is 0 Å². The molecular formula is C12H11ClN4O6S3. The van der Waals surface area contributed by atoms with Crippen LogP contribution in [0.1, 0.15) is 0 Å². The van der Waals surface area contributed by atoms with E-state index in [1.54, 1.807) is 6.07 Å². The Labute approximate surface area is 157 Å². The van der Waals surface area contributed by atoms with Gasteiger partial charge in [-0.25, -0.2) is 27.1 Å². The van der Waals surface area contributed by atoms with Crippen LogP contribution in [0.25, 0.3) is 0 Å². The number of benzene rings is 2. The highest BCUT2D eigenvalue weighted by Gasteiger charge is 2.23. The molecule has 0 aliphatic heterocycles. The third-order valence-electron chi connectivity index (χ3n) is 2.98. The minimum atomic E-state index is -4.35. The Bertz CT molecular complexity index is 1090. The zero-order valence-corrected chi connectivity index (χ0v) is 15.8.